The van der Waals surface area contributed by atoms with Crippen LogP contribution < -0.4 is 4.74 Å². The number of aryl methyl sites for hydroxylation is 3. The lowest BCUT2D eigenvalue weighted by Crippen LogP contribution is -2.25. The molecular formula is C20H27NO5S2. The van der Waals surface area contributed by atoms with E-state index >= 15 is 0 Å². The normalized spacial score (nSPS) is 10.9. The van der Waals surface area contributed by atoms with E-state index in [1.54, 1.807) is 26.2 Å². The summed E-state index contributed by atoms with van der Waals surface area (Å²) in [6.45, 7) is 5.84. The lowest BCUT2D eigenvalue weighted by atomic mass is 10.1. The smallest absolute Gasteiger partial charge is 0.414 e. The summed E-state index contributed by atoms with van der Waals surface area (Å²) in [6, 6.07) is 9.83. The molecule has 6 nitrogen and oxygen atoms in total. The molecule has 0 saturated heterocycles. The van der Waals surface area contributed by atoms with Crippen molar-refractivity contribution in [3.8, 4) is 5.75 Å². The largest absolute Gasteiger partial charge is 0.744 e. The molecule has 0 fully saturated rings. The van der Waals surface area contributed by atoms with Crippen molar-refractivity contribution < 1.29 is 22.5 Å². The molecule has 2 aromatic carbocycles. The number of hydrogen-bond donors (Lipinski definition) is 0. The fraction of sp³-hybridized carbons (Fsp3) is 0.350. The first kappa shape index (κ1) is 24.0. The molecule has 0 N–H and O–H groups in total. The van der Waals surface area contributed by atoms with Crippen molar-refractivity contribution in [2.45, 2.75) is 30.6 Å². The predicted molar refractivity (Wildman–Crippen MR) is 112 cm³/mol. The molecule has 0 aliphatic heterocycles. The fourth-order valence-electron chi connectivity index (χ4n) is 2.20. The van der Waals surface area contributed by atoms with Crippen LogP contribution in [-0.2, 0) is 21.0 Å². The Balaban J connectivity index is 0.000000307. The Morgan fingerprint density at radius 1 is 1.00 bits per heavy atom. The highest BCUT2D eigenvalue weighted by Gasteiger charge is 2.17. The predicted octanol–water partition coefficient (Wildman–Crippen LogP) is 3.50. The van der Waals surface area contributed by atoms with Crippen molar-refractivity contribution in [3.05, 3.63) is 53.1 Å². The molecule has 2 rings (SSSR count). The number of ether oxygens (including phenoxy) is 1. The van der Waals surface area contributed by atoms with E-state index in [9.17, 15) is 17.8 Å². The van der Waals surface area contributed by atoms with Gasteiger partial charge in [0.25, 0.3) is 0 Å². The summed E-state index contributed by atoms with van der Waals surface area (Å²) < 4.78 is 36.5. The van der Waals surface area contributed by atoms with E-state index in [1.165, 1.54) is 27.5 Å². The fourth-order valence-corrected chi connectivity index (χ4v) is 3.79. The Labute approximate surface area is 170 Å². The topological polar surface area (TPSA) is 86.7 Å². The number of hydrogen-bond acceptors (Lipinski definition) is 5. The second-order valence-electron chi connectivity index (χ2n) is 6.73. The van der Waals surface area contributed by atoms with E-state index in [0.29, 0.717) is 5.75 Å². The summed E-state index contributed by atoms with van der Waals surface area (Å²) in [6.07, 6.45) is 4.04. The highest BCUT2D eigenvalue weighted by Crippen LogP contribution is 2.26. The molecule has 0 aliphatic carbocycles. The molecule has 0 unspecified atom stereocenters. The van der Waals surface area contributed by atoms with Gasteiger partial charge in [-0.25, -0.2) is 13.2 Å². The maximum atomic E-state index is 11.5. The van der Waals surface area contributed by atoms with Crippen molar-refractivity contribution in [1.82, 2.24) is 4.90 Å². The first-order valence-electron chi connectivity index (χ1n) is 8.43. The Hall–Kier alpha value is -2.03. The molecule has 0 saturated carbocycles. The second kappa shape index (κ2) is 9.95. The van der Waals surface area contributed by atoms with Crippen molar-refractivity contribution in [1.29, 1.82) is 0 Å². The zero-order chi connectivity index (χ0) is 21.6. The highest BCUT2D eigenvalue weighted by atomic mass is 32.2. The summed E-state index contributed by atoms with van der Waals surface area (Å²) in [5.74, 6) is 0.649. The maximum absolute atomic E-state index is 11.5. The number of amides is 1. The van der Waals surface area contributed by atoms with E-state index in [1.807, 2.05) is 19.9 Å². The summed E-state index contributed by atoms with van der Waals surface area (Å²) >= 11 is 0. The molecule has 0 radical (unpaired) electrons. The van der Waals surface area contributed by atoms with Crippen molar-refractivity contribution >= 4 is 27.1 Å². The van der Waals surface area contributed by atoms with E-state index in [4.69, 9.17) is 4.74 Å². The first-order valence-corrected chi connectivity index (χ1v) is 11.9. The Kier molecular flexibility index (Phi) is 8.53. The lowest BCUT2D eigenvalue weighted by molar-refractivity contribution is 0.171. The van der Waals surface area contributed by atoms with Gasteiger partial charge in [-0.15, -0.1) is 0 Å². The van der Waals surface area contributed by atoms with Gasteiger partial charge in [-0.2, -0.15) is 0 Å². The van der Waals surface area contributed by atoms with Gasteiger partial charge in [-0.3, -0.25) is 0 Å². The number of carbonyl (C=O) groups excluding carboxylic acids is 1. The minimum Gasteiger partial charge on any atom is -0.744 e. The van der Waals surface area contributed by atoms with Gasteiger partial charge < -0.3 is 14.2 Å². The number of rotatable bonds is 3. The molecule has 0 atom stereocenters. The maximum Gasteiger partial charge on any atom is 0.414 e. The molecule has 28 heavy (non-hydrogen) atoms. The summed E-state index contributed by atoms with van der Waals surface area (Å²) in [5, 5.41) is 0. The number of nitrogens with zero attached hydrogens (tertiary/aromatic N) is 1. The molecule has 2 aromatic rings. The standard InChI is InChI=1S/C13H20NO2S.C7H8O3S/c1-9-8-12(17(5)6)10(2)7-11(9)16-13(15)14(3)4;1-6-2-4-7(5-3-6)11(8,9)10/h7-8H,1-6H3;2-5H,1H3,(H,8,9,10)/q+1;/p-1. The quantitative estimate of drug-likeness (QED) is 0.555. The van der Waals surface area contributed by atoms with E-state index in [-0.39, 0.29) is 21.9 Å². The number of carbonyl (C=O) groups is 1. The third-order valence-corrected chi connectivity index (χ3v) is 5.95. The monoisotopic (exact) mass is 425 g/mol. The van der Waals surface area contributed by atoms with E-state index < -0.39 is 10.1 Å². The molecule has 0 aliphatic rings. The summed E-state index contributed by atoms with van der Waals surface area (Å²) in [4.78, 5) is 14.1. The van der Waals surface area contributed by atoms with Gasteiger partial charge in [0.05, 0.1) is 4.90 Å². The second-order valence-corrected chi connectivity index (χ2v) is 10.2. The number of benzene rings is 2. The minimum absolute atomic E-state index is 0.178. The zero-order valence-electron chi connectivity index (χ0n) is 17.3. The molecule has 0 bridgehead atoms. The summed E-state index contributed by atoms with van der Waals surface area (Å²) in [5.41, 5.74) is 3.10. The van der Waals surface area contributed by atoms with Crippen LogP contribution in [0.15, 0.2) is 46.2 Å². The third kappa shape index (κ3) is 7.18. The van der Waals surface area contributed by atoms with Crippen LogP contribution in [0.4, 0.5) is 4.79 Å². The van der Waals surface area contributed by atoms with Crippen LogP contribution in [-0.4, -0.2) is 50.6 Å². The molecule has 0 spiro atoms. The zero-order valence-corrected chi connectivity index (χ0v) is 18.9. The Morgan fingerprint density at radius 2 is 1.54 bits per heavy atom. The molecule has 0 aromatic heterocycles. The third-order valence-electron chi connectivity index (χ3n) is 3.78. The van der Waals surface area contributed by atoms with Crippen LogP contribution in [0, 0.1) is 20.8 Å². The minimum atomic E-state index is -4.27. The average molecular weight is 426 g/mol. The Morgan fingerprint density at radius 3 is 1.96 bits per heavy atom. The summed E-state index contributed by atoms with van der Waals surface area (Å²) in [7, 11) is -0.701. The van der Waals surface area contributed by atoms with E-state index in [0.717, 1.165) is 11.1 Å². The van der Waals surface area contributed by atoms with Crippen LogP contribution in [0.25, 0.3) is 0 Å². The van der Waals surface area contributed by atoms with Crippen LogP contribution >= 0.6 is 0 Å². The van der Waals surface area contributed by atoms with E-state index in [2.05, 4.69) is 25.5 Å². The van der Waals surface area contributed by atoms with Gasteiger partial charge in [0.2, 0.25) is 0 Å². The SMILES string of the molecule is Cc1cc([S+](C)C)c(C)cc1OC(=O)N(C)C.Cc1ccc(S(=O)(=O)[O-])cc1. The van der Waals surface area contributed by atoms with Gasteiger partial charge in [-0.05, 0) is 44.5 Å². The van der Waals surface area contributed by atoms with Crippen LogP contribution in [0.3, 0.4) is 0 Å². The average Bonchev–Trinajstić information content (AvgIpc) is 2.57. The van der Waals surface area contributed by atoms with Crippen LogP contribution in [0.2, 0.25) is 0 Å². The van der Waals surface area contributed by atoms with Gasteiger partial charge >= 0.3 is 6.09 Å². The van der Waals surface area contributed by atoms with Gasteiger partial charge in [0.15, 0.2) is 4.90 Å². The van der Waals surface area contributed by atoms with Gasteiger partial charge in [0, 0.05) is 36.6 Å². The van der Waals surface area contributed by atoms with Crippen molar-refractivity contribution in [2.24, 2.45) is 0 Å². The lowest BCUT2D eigenvalue weighted by Gasteiger charge is -2.13. The van der Waals surface area contributed by atoms with Crippen molar-refractivity contribution in [2.75, 3.05) is 26.6 Å². The van der Waals surface area contributed by atoms with Gasteiger partial charge in [0.1, 0.15) is 28.4 Å². The first-order chi connectivity index (χ1) is 12.8. The van der Waals surface area contributed by atoms with Crippen molar-refractivity contribution in [3.63, 3.8) is 0 Å². The molecule has 8 heteroatoms. The van der Waals surface area contributed by atoms with Crippen LogP contribution in [0.5, 0.6) is 5.75 Å². The molecule has 154 valence electrons. The molecule has 0 heterocycles. The Bertz CT molecular complexity index is 920. The molecule has 1 amide bonds. The highest BCUT2D eigenvalue weighted by molar-refractivity contribution is 7.95. The van der Waals surface area contributed by atoms with Crippen LogP contribution in [0.1, 0.15) is 16.7 Å². The molecular weight excluding hydrogens is 398 g/mol. The van der Waals surface area contributed by atoms with Gasteiger partial charge in [-0.1, -0.05) is 17.7 Å².